The number of halogens is 3. The van der Waals surface area contributed by atoms with Crippen LogP contribution in [-0.2, 0) is 6.54 Å². The molecule has 2 aliphatic rings. The van der Waals surface area contributed by atoms with Crippen LogP contribution in [-0.4, -0.2) is 41.1 Å². The molecular formula is C20H47Cl3N10. The molecule has 0 bridgehead atoms. The van der Waals surface area contributed by atoms with Gasteiger partial charge in [0.1, 0.15) is 0 Å². The fourth-order valence-corrected chi connectivity index (χ4v) is 4.22. The fourth-order valence-electron chi connectivity index (χ4n) is 3.74. The molecule has 2 saturated heterocycles. The first-order chi connectivity index (χ1) is 13.7. The number of rotatable bonds is 5. The Morgan fingerprint density at radius 2 is 1.24 bits per heavy atom. The zero-order valence-corrected chi connectivity index (χ0v) is 21.6. The maximum absolute atomic E-state index is 6.31. The zero-order chi connectivity index (χ0) is 19.3. The first-order valence-electron chi connectivity index (χ1n) is 10.1. The van der Waals surface area contributed by atoms with Crippen molar-refractivity contribution in [3.05, 3.63) is 33.8 Å². The summed E-state index contributed by atoms with van der Waals surface area (Å²) in [7, 11) is 0. The Morgan fingerprint density at radius 3 is 1.70 bits per heavy atom. The highest BCUT2D eigenvalue weighted by atomic mass is 35.5. The molecule has 2 aliphatic heterocycles. The maximum atomic E-state index is 6.31. The van der Waals surface area contributed by atoms with Gasteiger partial charge in [-0.3, -0.25) is 0 Å². The van der Waals surface area contributed by atoms with Crippen molar-refractivity contribution >= 4 is 53.5 Å². The average Bonchev–Trinajstić information content (AvgIpc) is 2.74. The molecule has 4 rings (SSSR count). The van der Waals surface area contributed by atoms with Crippen molar-refractivity contribution in [1.82, 2.24) is 39.6 Å². The van der Waals surface area contributed by atoms with Gasteiger partial charge in [-0.1, -0.05) is 29.3 Å². The van der Waals surface area contributed by atoms with Gasteiger partial charge in [-0.15, -0.1) is 12.4 Å². The number of hydrogen-bond donors (Lipinski definition) is 5. The van der Waals surface area contributed by atoms with Crippen molar-refractivity contribution in [3.8, 4) is 0 Å². The molecule has 0 saturated carbocycles. The van der Waals surface area contributed by atoms with E-state index >= 15 is 0 Å². The summed E-state index contributed by atoms with van der Waals surface area (Å²) in [4.78, 5) is 18.8. The summed E-state index contributed by atoms with van der Waals surface area (Å²) in [5, 5.41) is 4.61. The normalized spacial score (nSPS) is 15.0. The molecule has 0 unspecified atom stereocenters. The summed E-state index contributed by atoms with van der Waals surface area (Å²) in [6, 6.07) is 5.53. The highest BCUT2D eigenvalue weighted by Crippen LogP contribution is 2.24. The van der Waals surface area contributed by atoms with Crippen LogP contribution in [0.5, 0.6) is 0 Å². The van der Waals surface area contributed by atoms with Crippen LogP contribution < -0.4 is 39.7 Å². The van der Waals surface area contributed by atoms with Crippen LogP contribution in [0.2, 0.25) is 10.0 Å². The van der Waals surface area contributed by atoms with Gasteiger partial charge in [-0.25, -0.2) is 0 Å². The zero-order valence-electron chi connectivity index (χ0n) is 19.2. The Kier molecular flexibility index (Phi) is 16.3. The van der Waals surface area contributed by atoms with Crippen LogP contribution >= 0.6 is 35.6 Å². The third-order valence-electron chi connectivity index (χ3n) is 5.34. The van der Waals surface area contributed by atoms with Crippen LogP contribution in [0.4, 0.5) is 17.8 Å². The minimum Gasteiger partial charge on any atom is -0.350 e. The first-order valence-corrected chi connectivity index (χ1v) is 10.9. The lowest BCUT2D eigenvalue weighted by molar-refractivity contribution is 0.556. The average molecular weight is 534 g/mol. The molecule has 1 aromatic heterocycles. The Balaban J connectivity index is -0.000000267. The van der Waals surface area contributed by atoms with Gasteiger partial charge >= 0.3 is 0 Å². The minimum absolute atomic E-state index is 0. The Hall–Kier alpha value is -1.66. The smallest absolute Gasteiger partial charge is 0.231 e. The van der Waals surface area contributed by atoms with Crippen LogP contribution in [0.15, 0.2) is 18.2 Å². The van der Waals surface area contributed by atoms with Crippen molar-refractivity contribution in [2.24, 2.45) is 0 Å². The molecule has 0 atom stereocenters. The second-order valence-corrected chi connectivity index (χ2v) is 8.29. The predicted octanol–water partition coefficient (Wildman–Crippen LogP) is 6.82. The largest absolute Gasteiger partial charge is 0.350 e. The van der Waals surface area contributed by atoms with Crippen molar-refractivity contribution in [1.29, 1.82) is 0 Å². The maximum Gasteiger partial charge on any atom is 0.231 e. The number of aromatic nitrogens is 3. The van der Waals surface area contributed by atoms with Crippen LogP contribution in [0.3, 0.4) is 0 Å². The van der Waals surface area contributed by atoms with Gasteiger partial charge < -0.3 is 39.7 Å². The molecule has 10 nitrogen and oxygen atoms in total. The van der Waals surface area contributed by atoms with E-state index in [1.54, 1.807) is 6.07 Å². The van der Waals surface area contributed by atoms with Gasteiger partial charge in [0.2, 0.25) is 17.8 Å². The van der Waals surface area contributed by atoms with Crippen molar-refractivity contribution < 1.29 is 5.71 Å². The highest BCUT2D eigenvalue weighted by Gasteiger charge is 2.20. The number of anilines is 3. The van der Waals surface area contributed by atoms with Crippen LogP contribution in [0, 0.1) is 0 Å². The summed E-state index contributed by atoms with van der Waals surface area (Å²) in [5.41, 5.74) is 0.963. The molecule has 13 heteroatoms. The van der Waals surface area contributed by atoms with Gasteiger partial charge in [0, 0.05) is 48.5 Å². The Bertz CT molecular complexity index is 797. The molecule has 0 spiro atoms. The van der Waals surface area contributed by atoms with E-state index in [-0.39, 0.29) is 42.7 Å². The monoisotopic (exact) mass is 532 g/mol. The lowest BCUT2D eigenvalue weighted by Crippen LogP contribution is -2.34. The van der Waals surface area contributed by atoms with E-state index in [2.05, 4.69) is 15.1 Å². The van der Waals surface area contributed by atoms with Crippen LogP contribution in [0.25, 0.3) is 0 Å². The molecule has 0 amide bonds. The molecule has 13 N–H and O–H groups in total. The summed E-state index contributed by atoms with van der Waals surface area (Å²) >= 11 is 12.3. The number of piperidine rings is 2. The van der Waals surface area contributed by atoms with Gasteiger partial charge in [0.15, 0.2) is 0 Å². The molecule has 2 fully saturated rings. The van der Waals surface area contributed by atoms with E-state index in [0.717, 1.165) is 43.6 Å². The molecular weight excluding hydrogens is 487 g/mol. The third kappa shape index (κ3) is 8.90. The molecule has 198 valence electrons. The van der Waals surface area contributed by atoms with Gasteiger partial charge in [0.05, 0.1) is 0 Å². The Morgan fingerprint density at radius 1 is 0.758 bits per heavy atom. The Labute approximate surface area is 218 Å². The number of benzene rings is 1. The quantitative estimate of drug-likeness (QED) is 0.271. The van der Waals surface area contributed by atoms with E-state index in [0.29, 0.717) is 22.5 Å². The van der Waals surface area contributed by atoms with Crippen molar-refractivity contribution in [2.45, 2.75) is 45.1 Å². The number of nitrogens with one attached hydrogen (secondary N) is 1. The summed E-state index contributed by atoms with van der Waals surface area (Å²) in [5.74, 6) is 2.15. The molecule has 0 aliphatic carbocycles. The summed E-state index contributed by atoms with van der Waals surface area (Å²) < 4.78 is 0. The summed E-state index contributed by atoms with van der Waals surface area (Å²) in [6.45, 7) is 4.56. The topological polar surface area (TPSA) is 197 Å². The SMILES string of the molecule is Cl.Clc1ccc(CNc2nc(N3CCCCC3)nc(N3CCCCC3)n2)c(Cl)c1.N.N.N.N.[HH].[HH].[HH].[HH]. The van der Waals surface area contributed by atoms with E-state index in [9.17, 15) is 0 Å². The first kappa shape index (κ1) is 33.5. The molecule has 2 aromatic rings. The van der Waals surface area contributed by atoms with E-state index in [4.69, 9.17) is 38.2 Å². The van der Waals surface area contributed by atoms with Crippen molar-refractivity contribution in [2.75, 3.05) is 41.3 Å². The molecule has 1 aromatic carbocycles. The van der Waals surface area contributed by atoms with E-state index in [1.165, 1.54) is 38.5 Å². The molecule has 0 radical (unpaired) electrons. The molecule has 33 heavy (non-hydrogen) atoms. The second kappa shape index (κ2) is 16.0. The van der Waals surface area contributed by atoms with Gasteiger partial charge in [0.25, 0.3) is 0 Å². The van der Waals surface area contributed by atoms with E-state index in [1.807, 2.05) is 12.1 Å². The van der Waals surface area contributed by atoms with Crippen molar-refractivity contribution in [3.63, 3.8) is 0 Å². The summed E-state index contributed by atoms with van der Waals surface area (Å²) in [6.07, 6.45) is 7.31. The van der Waals surface area contributed by atoms with Crippen LogP contribution in [0.1, 0.15) is 49.8 Å². The number of hydrogen-bond acceptors (Lipinski definition) is 10. The molecule has 3 heterocycles. The fraction of sp³-hybridized carbons (Fsp3) is 0.550. The third-order valence-corrected chi connectivity index (χ3v) is 5.93. The lowest BCUT2D eigenvalue weighted by Gasteiger charge is -2.30. The minimum atomic E-state index is 0. The highest BCUT2D eigenvalue weighted by molar-refractivity contribution is 6.35. The predicted molar refractivity (Wildman–Crippen MR) is 152 cm³/mol. The van der Waals surface area contributed by atoms with Gasteiger partial charge in [-0.2, -0.15) is 15.0 Å². The lowest BCUT2D eigenvalue weighted by atomic mass is 10.1. The second-order valence-electron chi connectivity index (χ2n) is 7.44. The van der Waals surface area contributed by atoms with Gasteiger partial charge in [-0.05, 0) is 56.2 Å². The standard InChI is InChI=1S/C20H26Cl2N6.ClH.4H3N.4H2/c21-16-8-7-15(17(22)13-16)14-23-18-24-19(27-9-3-1-4-10-27)26-20(25-18)28-11-5-2-6-12-28;;;;;;;;;/h7-8,13H,1-6,9-12,14H2,(H,23,24,25,26);1H;4*1H3;4*1H. The number of nitrogens with zero attached hydrogens (tertiary/aromatic N) is 5. The van der Waals surface area contributed by atoms with E-state index < -0.39 is 0 Å².